The Labute approximate surface area is 112 Å². The molecule has 0 aliphatic rings. The molecule has 0 aliphatic carbocycles. The first kappa shape index (κ1) is 13.9. The van der Waals surface area contributed by atoms with Crippen molar-refractivity contribution < 1.29 is 17.2 Å². The van der Waals surface area contributed by atoms with E-state index in [0.29, 0.717) is 11.6 Å². The van der Waals surface area contributed by atoms with E-state index in [1.54, 1.807) is 5.38 Å². The van der Waals surface area contributed by atoms with Crippen LogP contribution in [0.15, 0.2) is 33.9 Å². The van der Waals surface area contributed by atoms with Crippen molar-refractivity contribution in [2.75, 3.05) is 4.72 Å². The Balaban J connectivity index is 2.30. The molecule has 0 aliphatic heterocycles. The van der Waals surface area contributed by atoms with E-state index in [0.717, 1.165) is 23.5 Å². The highest BCUT2D eigenvalue weighted by Gasteiger charge is 2.18. The monoisotopic (exact) mass is 304 g/mol. The highest BCUT2D eigenvalue weighted by Crippen LogP contribution is 2.24. The van der Waals surface area contributed by atoms with Gasteiger partial charge in [0.15, 0.2) is 0 Å². The van der Waals surface area contributed by atoms with Gasteiger partial charge in [-0.05, 0) is 29.1 Å². The molecule has 8 heteroatoms. The summed E-state index contributed by atoms with van der Waals surface area (Å²) in [5.41, 5.74) is 5.76. The topological polar surface area (TPSA) is 72.2 Å². The fraction of sp³-hybridized carbons (Fsp3) is 0.0909. The third kappa shape index (κ3) is 3.09. The van der Waals surface area contributed by atoms with E-state index < -0.39 is 21.7 Å². The summed E-state index contributed by atoms with van der Waals surface area (Å²) in [6, 6.07) is 4.02. The second-order valence-electron chi connectivity index (χ2n) is 3.71. The summed E-state index contributed by atoms with van der Waals surface area (Å²) >= 11 is 0.982. The molecule has 0 unspecified atom stereocenters. The van der Waals surface area contributed by atoms with Crippen LogP contribution in [-0.4, -0.2) is 8.42 Å². The molecule has 0 amide bonds. The molecule has 3 N–H and O–H groups in total. The first-order valence-corrected chi connectivity index (χ1v) is 7.54. The zero-order chi connectivity index (χ0) is 14.0. The maximum Gasteiger partial charge on any atom is 0.271 e. The molecule has 2 aromatic rings. The van der Waals surface area contributed by atoms with Crippen LogP contribution in [0.25, 0.3) is 0 Å². The molecule has 0 atom stereocenters. The Morgan fingerprint density at radius 3 is 2.58 bits per heavy atom. The average Bonchev–Trinajstić information content (AvgIpc) is 2.82. The molecule has 0 spiro atoms. The van der Waals surface area contributed by atoms with Crippen LogP contribution < -0.4 is 10.5 Å². The van der Waals surface area contributed by atoms with Gasteiger partial charge in [0.2, 0.25) is 0 Å². The molecule has 0 saturated heterocycles. The van der Waals surface area contributed by atoms with Gasteiger partial charge in [-0.2, -0.15) is 0 Å². The Kier molecular flexibility index (Phi) is 3.83. The van der Waals surface area contributed by atoms with Crippen LogP contribution in [0.5, 0.6) is 0 Å². The Bertz CT molecular complexity index is 698. The summed E-state index contributed by atoms with van der Waals surface area (Å²) in [6.07, 6.45) is 0. The highest BCUT2D eigenvalue weighted by atomic mass is 32.2. The summed E-state index contributed by atoms with van der Waals surface area (Å²) in [6.45, 7) is 0.219. The van der Waals surface area contributed by atoms with E-state index in [4.69, 9.17) is 5.73 Å². The van der Waals surface area contributed by atoms with Crippen LogP contribution in [0.4, 0.5) is 14.5 Å². The van der Waals surface area contributed by atoms with Gasteiger partial charge in [-0.15, -0.1) is 11.3 Å². The van der Waals surface area contributed by atoms with Crippen molar-refractivity contribution in [3.63, 3.8) is 0 Å². The fourth-order valence-corrected chi connectivity index (χ4v) is 3.66. The minimum absolute atomic E-state index is 0.0247. The number of hydrogen-bond donors (Lipinski definition) is 2. The van der Waals surface area contributed by atoms with E-state index in [2.05, 4.69) is 4.72 Å². The van der Waals surface area contributed by atoms with E-state index >= 15 is 0 Å². The number of hydrogen-bond acceptors (Lipinski definition) is 4. The fourth-order valence-electron chi connectivity index (χ4n) is 1.37. The smallest absolute Gasteiger partial charge is 0.271 e. The van der Waals surface area contributed by atoms with Crippen molar-refractivity contribution in [1.82, 2.24) is 0 Å². The normalized spacial score (nSPS) is 11.5. The first-order valence-electron chi connectivity index (χ1n) is 5.18. The van der Waals surface area contributed by atoms with Gasteiger partial charge in [-0.1, -0.05) is 0 Å². The Morgan fingerprint density at radius 1 is 1.26 bits per heavy atom. The molecule has 0 bridgehead atoms. The van der Waals surface area contributed by atoms with Crippen LogP contribution in [0.1, 0.15) is 5.56 Å². The molecule has 0 fully saturated rings. The molecule has 4 nitrogen and oxygen atoms in total. The molecule has 0 saturated carbocycles. The second kappa shape index (κ2) is 5.24. The minimum Gasteiger partial charge on any atom is -0.326 e. The van der Waals surface area contributed by atoms with Gasteiger partial charge >= 0.3 is 0 Å². The van der Waals surface area contributed by atoms with Gasteiger partial charge < -0.3 is 5.73 Å². The van der Waals surface area contributed by atoms with E-state index in [9.17, 15) is 17.2 Å². The number of anilines is 1. The summed E-state index contributed by atoms with van der Waals surface area (Å²) in [7, 11) is -3.89. The van der Waals surface area contributed by atoms with Gasteiger partial charge in [0.05, 0.1) is 5.69 Å². The third-order valence-corrected chi connectivity index (χ3v) is 5.16. The number of halogens is 2. The molecule has 19 heavy (non-hydrogen) atoms. The van der Waals surface area contributed by atoms with Crippen molar-refractivity contribution in [2.24, 2.45) is 5.73 Å². The maximum absolute atomic E-state index is 13.4. The minimum atomic E-state index is -3.89. The van der Waals surface area contributed by atoms with Gasteiger partial charge in [-0.25, -0.2) is 17.2 Å². The van der Waals surface area contributed by atoms with E-state index in [-0.39, 0.29) is 16.4 Å². The number of nitrogens with two attached hydrogens (primary N) is 1. The van der Waals surface area contributed by atoms with Gasteiger partial charge in [0.1, 0.15) is 15.8 Å². The second-order valence-corrected chi connectivity index (χ2v) is 6.53. The number of nitrogens with one attached hydrogen (secondary N) is 1. The quantitative estimate of drug-likeness (QED) is 0.910. The molecular formula is C11H10F2N2O2S2. The van der Waals surface area contributed by atoms with Gasteiger partial charge in [-0.3, -0.25) is 4.72 Å². The van der Waals surface area contributed by atoms with Crippen molar-refractivity contribution in [2.45, 2.75) is 10.8 Å². The largest absolute Gasteiger partial charge is 0.326 e. The van der Waals surface area contributed by atoms with Crippen LogP contribution in [-0.2, 0) is 16.6 Å². The summed E-state index contributed by atoms with van der Waals surface area (Å²) in [5.74, 6) is -1.75. The van der Waals surface area contributed by atoms with Crippen molar-refractivity contribution in [3.8, 4) is 0 Å². The number of thiophene rings is 1. The van der Waals surface area contributed by atoms with E-state index in [1.807, 2.05) is 0 Å². The molecular weight excluding hydrogens is 294 g/mol. The lowest BCUT2D eigenvalue weighted by molar-refractivity contribution is 0.583. The first-order chi connectivity index (χ1) is 8.92. The highest BCUT2D eigenvalue weighted by molar-refractivity contribution is 7.94. The van der Waals surface area contributed by atoms with Crippen LogP contribution in [0, 0.1) is 11.6 Å². The van der Waals surface area contributed by atoms with Gasteiger partial charge in [0.25, 0.3) is 10.0 Å². The maximum atomic E-state index is 13.4. The average molecular weight is 304 g/mol. The van der Waals surface area contributed by atoms with Gasteiger partial charge in [0, 0.05) is 12.6 Å². The third-order valence-electron chi connectivity index (χ3n) is 2.31. The summed E-state index contributed by atoms with van der Waals surface area (Å²) < 4.78 is 52.1. The number of rotatable bonds is 4. The number of benzene rings is 1. The molecule has 1 aromatic heterocycles. The molecule has 0 radical (unpaired) electrons. The predicted molar refractivity (Wildman–Crippen MR) is 69.4 cm³/mol. The van der Waals surface area contributed by atoms with Crippen molar-refractivity contribution >= 4 is 27.0 Å². The van der Waals surface area contributed by atoms with Crippen LogP contribution in [0.3, 0.4) is 0 Å². The molecule has 102 valence electrons. The Hall–Kier alpha value is -1.51. The lowest BCUT2D eigenvalue weighted by Crippen LogP contribution is -2.12. The zero-order valence-corrected chi connectivity index (χ0v) is 11.2. The predicted octanol–water partition coefficient (Wildman–Crippen LogP) is 2.29. The SMILES string of the molecule is NCc1csc(S(=O)(=O)Nc2ccc(F)cc2F)c1. The van der Waals surface area contributed by atoms with Crippen molar-refractivity contribution in [3.05, 3.63) is 46.8 Å². The van der Waals surface area contributed by atoms with E-state index in [1.165, 1.54) is 6.07 Å². The lowest BCUT2D eigenvalue weighted by atomic mass is 10.3. The molecule has 1 heterocycles. The van der Waals surface area contributed by atoms with Crippen LogP contribution in [0.2, 0.25) is 0 Å². The van der Waals surface area contributed by atoms with Crippen molar-refractivity contribution in [1.29, 1.82) is 0 Å². The summed E-state index contributed by atoms with van der Waals surface area (Å²) in [4.78, 5) is 0. The zero-order valence-electron chi connectivity index (χ0n) is 9.56. The van der Waals surface area contributed by atoms with Crippen LogP contribution >= 0.6 is 11.3 Å². The molecule has 2 rings (SSSR count). The lowest BCUT2D eigenvalue weighted by Gasteiger charge is -2.07. The standard InChI is InChI=1S/C11H10F2N2O2S2/c12-8-1-2-10(9(13)4-8)15-19(16,17)11-3-7(5-14)6-18-11/h1-4,6,15H,5,14H2. The molecule has 1 aromatic carbocycles. The Morgan fingerprint density at radius 2 is 2.00 bits per heavy atom. The summed E-state index contributed by atoms with van der Waals surface area (Å²) in [5, 5.41) is 1.61. The number of sulfonamides is 1.